The maximum absolute atomic E-state index is 13.5. The van der Waals surface area contributed by atoms with Gasteiger partial charge in [0, 0.05) is 18.5 Å². The third-order valence-corrected chi connectivity index (χ3v) is 6.03. The maximum Gasteiger partial charge on any atom is 0.410 e. The molecular formula is C22H24FN3O3S. The van der Waals surface area contributed by atoms with E-state index in [1.54, 1.807) is 11.0 Å². The molecule has 8 heteroatoms. The minimum absolute atomic E-state index is 0.155. The van der Waals surface area contributed by atoms with E-state index in [1.807, 2.05) is 32.9 Å². The molecule has 0 radical (unpaired) electrons. The number of thiazole rings is 1. The van der Waals surface area contributed by atoms with Gasteiger partial charge in [0.25, 0.3) is 0 Å². The maximum atomic E-state index is 13.5. The Labute approximate surface area is 178 Å². The summed E-state index contributed by atoms with van der Waals surface area (Å²) in [6.45, 7) is 6.38. The lowest BCUT2D eigenvalue weighted by atomic mass is 9.97. The van der Waals surface area contributed by atoms with Crippen LogP contribution in [0, 0.1) is 11.7 Å². The number of carbonyl (C=O) groups is 2. The number of amides is 2. The van der Waals surface area contributed by atoms with Crippen molar-refractivity contribution in [1.82, 2.24) is 9.88 Å². The standard InChI is InChI=1S/C22H24FN3O3S/c1-22(2,3)29-21(28)26-10-4-5-14(12-26)19(27)25-20-24-17-9-6-13-11-15(23)7-8-16(13)18(17)30-20/h6-9,11,14H,4-5,10,12H2,1-3H3,(H,24,25,27). The first kappa shape index (κ1) is 20.5. The number of hydrogen-bond acceptors (Lipinski definition) is 5. The van der Waals surface area contributed by atoms with Crippen LogP contribution in [0.3, 0.4) is 0 Å². The van der Waals surface area contributed by atoms with E-state index in [0.717, 1.165) is 27.4 Å². The van der Waals surface area contributed by atoms with Crippen molar-refractivity contribution in [2.75, 3.05) is 18.4 Å². The van der Waals surface area contributed by atoms with Gasteiger partial charge in [-0.05, 0) is 63.3 Å². The van der Waals surface area contributed by atoms with Crippen LogP contribution in [0.5, 0.6) is 0 Å². The number of carbonyl (C=O) groups excluding carboxylic acids is 2. The first-order chi connectivity index (χ1) is 14.2. The third-order valence-electron chi connectivity index (χ3n) is 5.01. The number of halogens is 1. The molecule has 0 bridgehead atoms. The molecule has 0 saturated carbocycles. The van der Waals surface area contributed by atoms with Crippen molar-refractivity contribution in [3.8, 4) is 0 Å². The van der Waals surface area contributed by atoms with Crippen molar-refractivity contribution in [3.63, 3.8) is 0 Å². The van der Waals surface area contributed by atoms with Crippen LogP contribution in [0.4, 0.5) is 14.3 Å². The fourth-order valence-corrected chi connectivity index (χ4v) is 4.63. The first-order valence-corrected chi connectivity index (χ1v) is 10.8. The summed E-state index contributed by atoms with van der Waals surface area (Å²) in [4.78, 5) is 31.3. The molecule has 1 aliphatic rings. The zero-order valence-corrected chi connectivity index (χ0v) is 18.0. The Bertz CT molecular complexity index is 1120. The van der Waals surface area contributed by atoms with Crippen molar-refractivity contribution >= 4 is 49.5 Å². The Hall–Kier alpha value is -2.74. The van der Waals surface area contributed by atoms with Crippen molar-refractivity contribution in [2.45, 2.75) is 39.2 Å². The lowest BCUT2D eigenvalue weighted by Crippen LogP contribution is -2.45. The van der Waals surface area contributed by atoms with E-state index in [-0.39, 0.29) is 17.6 Å². The van der Waals surface area contributed by atoms with Crippen molar-refractivity contribution < 1.29 is 18.7 Å². The number of aromatic nitrogens is 1. The van der Waals surface area contributed by atoms with Crippen LogP contribution in [0.25, 0.3) is 21.0 Å². The zero-order valence-electron chi connectivity index (χ0n) is 17.2. The number of fused-ring (bicyclic) bond motifs is 3. The summed E-state index contributed by atoms with van der Waals surface area (Å²) in [7, 11) is 0. The molecule has 0 aliphatic carbocycles. The molecule has 4 rings (SSSR count). The van der Waals surface area contributed by atoms with Gasteiger partial charge in [-0.1, -0.05) is 17.4 Å². The minimum Gasteiger partial charge on any atom is -0.444 e. The number of nitrogens with zero attached hydrogens (tertiary/aromatic N) is 2. The summed E-state index contributed by atoms with van der Waals surface area (Å²) in [5, 5.41) is 5.10. The Morgan fingerprint density at radius 3 is 2.83 bits per heavy atom. The van der Waals surface area contributed by atoms with Gasteiger partial charge in [0.1, 0.15) is 11.4 Å². The van der Waals surface area contributed by atoms with Crippen LogP contribution < -0.4 is 5.32 Å². The fraction of sp³-hybridized carbons (Fsp3) is 0.409. The van der Waals surface area contributed by atoms with Gasteiger partial charge in [0.05, 0.1) is 16.1 Å². The first-order valence-electron chi connectivity index (χ1n) is 9.97. The van der Waals surface area contributed by atoms with Gasteiger partial charge in [0.2, 0.25) is 5.91 Å². The molecule has 158 valence electrons. The number of rotatable bonds is 2. The van der Waals surface area contributed by atoms with Gasteiger partial charge in [-0.3, -0.25) is 4.79 Å². The highest BCUT2D eigenvalue weighted by Crippen LogP contribution is 2.33. The molecule has 1 unspecified atom stereocenters. The number of piperidine rings is 1. The predicted octanol–water partition coefficient (Wildman–Crippen LogP) is 5.17. The molecule has 2 heterocycles. The highest BCUT2D eigenvalue weighted by atomic mass is 32.1. The molecule has 1 aliphatic heterocycles. The van der Waals surface area contributed by atoms with E-state index in [0.29, 0.717) is 24.6 Å². The second-order valence-electron chi connectivity index (χ2n) is 8.55. The molecular weight excluding hydrogens is 405 g/mol. The number of benzene rings is 2. The summed E-state index contributed by atoms with van der Waals surface area (Å²) in [5.74, 6) is -0.756. The largest absolute Gasteiger partial charge is 0.444 e. The Balaban J connectivity index is 1.48. The van der Waals surface area contributed by atoms with Crippen LogP contribution in [-0.2, 0) is 9.53 Å². The lowest BCUT2D eigenvalue weighted by molar-refractivity contribution is -0.121. The fourth-order valence-electron chi connectivity index (χ4n) is 3.63. The summed E-state index contributed by atoms with van der Waals surface area (Å²) < 4.78 is 19.8. The van der Waals surface area contributed by atoms with Gasteiger partial charge in [-0.2, -0.15) is 0 Å². The molecule has 1 atom stereocenters. The normalized spacial score (nSPS) is 17.3. The molecule has 1 N–H and O–H groups in total. The van der Waals surface area contributed by atoms with E-state index >= 15 is 0 Å². The molecule has 1 fully saturated rings. The summed E-state index contributed by atoms with van der Waals surface area (Å²) in [6.07, 6.45) is 1.06. The Morgan fingerprint density at radius 1 is 1.27 bits per heavy atom. The van der Waals surface area contributed by atoms with Crippen molar-refractivity contribution in [3.05, 3.63) is 36.1 Å². The van der Waals surface area contributed by atoms with Crippen LogP contribution in [0.2, 0.25) is 0 Å². The molecule has 3 aromatic rings. The average Bonchev–Trinajstić information content (AvgIpc) is 3.09. The van der Waals surface area contributed by atoms with E-state index in [1.165, 1.54) is 23.5 Å². The molecule has 2 aromatic carbocycles. The van der Waals surface area contributed by atoms with E-state index < -0.39 is 11.7 Å². The van der Waals surface area contributed by atoms with Crippen molar-refractivity contribution in [2.24, 2.45) is 5.92 Å². The Kier molecular flexibility index (Phi) is 5.36. The van der Waals surface area contributed by atoms with E-state index in [4.69, 9.17) is 4.74 Å². The molecule has 30 heavy (non-hydrogen) atoms. The average molecular weight is 430 g/mol. The van der Waals surface area contributed by atoms with Crippen molar-refractivity contribution in [1.29, 1.82) is 0 Å². The monoisotopic (exact) mass is 429 g/mol. The summed E-state index contributed by atoms with van der Waals surface area (Å²) in [6, 6.07) is 8.30. The Morgan fingerprint density at radius 2 is 2.07 bits per heavy atom. The van der Waals surface area contributed by atoms with E-state index in [9.17, 15) is 14.0 Å². The topological polar surface area (TPSA) is 71.5 Å². The van der Waals surface area contributed by atoms with E-state index in [2.05, 4.69) is 10.3 Å². The number of anilines is 1. The number of likely N-dealkylation sites (tertiary alicyclic amines) is 1. The van der Waals surface area contributed by atoms with Crippen LogP contribution in [-0.4, -0.2) is 40.6 Å². The van der Waals surface area contributed by atoms with Gasteiger partial charge in [-0.25, -0.2) is 14.2 Å². The predicted molar refractivity (Wildman–Crippen MR) is 116 cm³/mol. The number of ether oxygens (including phenoxy) is 1. The van der Waals surface area contributed by atoms with Gasteiger partial charge in [0.15, 0.2) is 5.13 Å². The number of hydrogen-bond donors (Lipinski definition) is 1. The zero-order chi connectivity index (χ0) is 21.5. The smallest absolute Gasteiger partial charge is 0.410 e. The molecule has 2 amide bonds. The SMILES string of the molecule is CC(C)(C)OC(=O)N1CCCC(C(=O)Nc2nc3ccc4cc(F)ccc4c3s2)C1. The third kappa shape index (κ3) is 4.38. The lowest BCUT2D eigenvalue weighted by Gasteiger charge is -2.33. The summed E-state index contributed by atoms with van der Waals surface area (Å²) in [5.41, 5.74) is 0.187. The molecule has 6 nitrogen and oxygen atoms in total. The quantitative estimate of drug-likeness (QED) is 0.610. The number of nitrogens with one attached hydrogen (secondary N) is 1. The van der Waals surface area contributed by atoms with Crippen LogP contribution in [0.15, 0.2) is 30.3 Å². The molecule has 0 spiro atoms. The highest BCUT2D eigenvalue weighted by molar-refractivity contribution is 7.23. The summed E-state index contributed by atoms with van der Waals surface area (Å²) >= 11 is 1.37. The van der Waals surface area contributed by atoms with Gasteiger partial charge in [-0.15, -0.1) is 0 Å². The second-order valence-corrected chi connectivity index (χ2v) is 9.55. The second kappa shape index (κ2) is 7.83. The van der Waals surface area contributed by atoms with Crippen LogP contribution in [0.1, 0.15) is 33.6 Å². The van der Waals surface area contributed by atoms with Gasteiger partial charge < -0.3 is 15.0 Å². The molecule has 1 saturated heterocycles. The minimum atomic E-state index is -0.570. The van der Waals surface area contributed by atoms with Crippen LogP contribution >= 0.6 is 11.3 Å². The molecule has 1 aromatic heterocycles. The highest BCUT2D eigenvalue weighted by Gasteiger charge is 2.31. The van der Waals surface area contributed by atoms with Gasteiger partial charge >= 0.3 is 6.09 Å².